The lowest BCUT2D eigenvalue weighted by Gasteiger charge is -2.06. The first-order valence-electron chi connectivity index (χ1n) is 9.12. The maximum Gasteiger partial charge on any atom is 0.359 e. The second kappa shape index (κ2) is 11.7. The molecule has 0 amide bonds. The van der Waals surface area contributed by atoms with Crippen LogP contribution in [0.5, 0.6) is 0 Å². The third kappa shape index (κ3) is 7.28. The molecule has 2 aromatic carbocycles. The van der Waals surface area contributed by atoms with Gasteiger partial charge >= 0.3 is 17.9 Å². The zero-order valence-corrected chi connectivity index (χ0v) is 17.0. The Balaban J connectivity index is 2.14. The summed E-state index contributed by atoms with van der Waals surface area (Å²) in [4.78, 5) is 40.1. The number of esters is 3. The number of nitrogens with zero attached hydrogens (tertiary/aromatic N) is 1. The smallest absolute Gasteiger partial charge is 0.359 e. The summed E-state index contributed by atoms with van der Waals surface area (Å²) in [6.45, 7) is 1.25. The topological polar surface area (TPSA) is 111 Å². The van der Waals surface area contributed by atoms with Crippen molar-refractivity contribution in [2.75, 3.05) is 7.11 Å². The fourth-order valence-corrected chi connectivity index (χ4v) is 2.22. The Hall–Kier alpha value is -4.20. The van der Waals surface area contributed by atoms with Crippen molar-refractivity contribution in [1.82, 2.24) is 0 Å². The van der Waals surface area contributed by atoms with E-state index in [1.165, 1.54) is 19.1 Å². The molecule has 2 aromatic rings. The minimum atomic E-state index is -0.912. The zero-order chi connectivity index (χ0) is 22.6. The third-order valence-corrected chi connectivity index (χ3v) is 3.84. The van der Waals surface area contributed by atoms with Crippen LogP contribution in [-0.2, 0) is 30.4 Å². The number of aliphatic imine (C=N–C) groups is 1. The molecule has 0 aromatic heterocycles. The normalized spacial score (nSPS) is 12.1. The first-order valence-corrected chi connectivity index (χ1v) is 9.12. The third-order valence-electron chi connectivity index (χ3n) is 3.84. The first kappa shape index (κ1) is 23.1. The molecule has 0 radical (unpaired) electrons. The van der Waals surface area contributed by atoms with E-state index >= 15 is 0 Å². The van der Waals surface area contributed by atoms with Crippen molar-refractivity contribution in [3.63, 3.8) is 0 Å². The highest BCUT2D eigenvalue weighted by molar-refractivity contribution is 6.10. The summed E-state index contributed by atoms with van der Waals surface area (Å²) in [6, 6.07) is 17.1. The molecule has 2 rings (SSSR count). The summed E-state index contributed by atoms with van der Waals surface area (Å²) in [7, 11) is 1.12. The number of aliphatic hydroxyl groups is 1. The van der Waals surface area contributed by atoms with E-state index in [4.69, 9.17) is 9.47 Å². The van der Waals surface area contributed by atoms with Gasteiger partial charge in [0.05, 0.1) is 12.7 Å². The van der Waals surface area contributed by atoms with E-state index in [-0.39, 0.29) is 23.5 Å². The number of aliphatic hydroxyl groups excluding tert-OH is 1. The monoisotopic (exact) mass is 423 g/mol. The number of allylic oxidation sites excluding steroid dienone is 1. The molecule has 0 atom stereocenters. The van der Waals surface area contributed by atoms with Crippen LogP contribution >= 0.6 is 0 Å². The van der Waals surface area contributed by atoms with Crippen LogP contribution in [0.25, 0.3) is 0 Å². The van der Waals surface area contributed by atoms with Crippen LogP contribution in [0.3, 0.4) is 0 Å². The number of carbonyl (C=O) groups excluding carboxylic acids is 3. The van der Waals surface area contributed by atoms with E-state index in [1.54, 1.807) is 42.5 Å². The van der Waals surface area contributed by atoms with Crippen molar-refractivity contribution >= 4 is 24.1 Å². The van der Waals surface area contributed by atoms with Crippen LogP contribution in [0.1, 0.15) is 22.8 Å². The van der Waals surface area contributed by atoms with E-state index in [1.807, 2.05) is 6.07 Å². The Morgan fingerprint density at radius 3 is 2.16 bits per heavy atom. The standard InChI is InChI=1S/C23H21NO7/c1-16(25)19(22(27)30-14-17-9-5-3-6-10-17)13-24-20(23(28)29-2)15-31-21(26)18-11-7-4-8-12-18/h3-13,15,25H,14H2,1-2H3/b19-16-,20-15-,24-13-. The van der Waals surface area contributed by atoms with E-state index in [2.05, 4.69) is 9.73 Å². The van der Waals surface area contributed by atoms with E-state index in [0.29, 0.717) is 0 Å². The van der Waals surface area contributed by atoms with Gasteiger partial charge in [0.25, 0.3) is 0 Å². The van der Waals surface area contributed by atoms with Gasteiger partial charge in [0.2, 0.25) is 0 Å². The SMILES string of the molecule is COC(=O)C(=C/OC(=O)c1ccccc1)/N=C\C(C(=O)OCc1ccccc1)=C(/C)O. The average Bonchev–Trinajstić information content (AvgIpc) is 2.80. The van der Waals surface area contributed by atoms with Crippen molar-refractivity contribution in [1.29, 1.82) is 0 Å². The van der Waals surface area contributed by atoms with Gasteiger partial charge in [-0.15, -0.1) is 0 Å². The molecule has 0 aliphatic heterocycles. The van der Waals surface area contributed by atoms with Crippen molar-refractivity contribution in [3.05, 3.63) is 95.1 Å². The van der Waals surface area contributed by atoms with Crippen LogP contribution in [0.4, 0.5) is 0 Å². The summed E-state index contributed by atoms with van der Waals surface area (Å²) < 4.78 is 14.7. The number of benzene rings is 2. The fourth-order valence-electron chi connectivity index (χ4n) is 2.22. The van der Waals surface area contributed by atoms with Crippen molar-refractivity contribution in [2.45, 2.75) is 13.5 Å². The first-order chi connectivity index (χ1) is 14.9. The molecular weight excluding hydrogens is 402 g/mol. The zero-order valence-electron chi connectivity index (χ0n) is 17.0. The number of carbonyl (C=O) groups is 3. The van der Waals surface area contributed by atoms with E-state index in [0.717, 1.165) is 25.1 Å². The average molecular weight is 423 g/mol. The molecule has 8 nitrogen and oxygen atoms in total. The number of rotatable bonds is 8. The summed E-state index contributed by atoms with van der Waals surface area (Å²) in [6.07, 6.45) is 1.74. The van der Waals surface area contributed by atoms with E-state index in [9.17, 15) is 19.5 Å². The quantitative estimate of drug-likeness (QED) is 0.227. The van der Waals surface area contributed by atoms with Gasteiger partial charge in [-0.25, -0.2) is 19.4 Å². The molecule has 0 spiro atoms. The van der Waals surface area contributed by atoms with Crippen molar-refractivity contribution < 1.29 is 33.7 Å². The summed E-state index contributed by atoms with van der Waals surface area (Å²) >= 11 is 0. The number of hydrogen-bond acceptors (Lipinski definition) is 8. The van der Waals surface area contributed by atoms with Gasteiger partial charge < -0.3 is 19.3 Å². The molecule has 0 bridgehead atoms. The number of methoxy groups -OCH3 is 1. The Morgan fingerprint density at radius 2 is 1.58 bits per heavy atom. The van der Waals surface area contributed by atoms with Crippen molar-refractivity contribution in [3.8, 4) is 0 Å². The van der Waals surface area contributed by atoms with Crippen LogP contribution in [0.15, 0.2) is 88.9 Å². The lowest BCUT2D eigenvalue weighted by Crippen LogP contribution is -2.12. The molecule has 8 heteroatoms. The second-order valence-corrected chi connectivity index (χ2v) is 6.09. The summed E-state index contributed by atoms with van der Waals surface area (Å²) in [5.41, 5.74) is 0.343. The largest absolute Gasteiger partial charge is 0.512 e. The van der Waals surface area contributed by atoms with Crippen LogP contribution in [-0.4, -0.2) is 36.3 Å². The van der Waals surface area contributed by atoms with Gasteiger partial charge in [0.15, 0.2) is 5.70 Å². The lowest BCUT2D eigenvalue weighted by atomic mass is 10.2. The van der Waals surface area contributed by atoms with Crippen LogP contribution in [0, 0.1) is 0 Å². The fraction of sp³-hybridized carbons (Fsp3) is 0.130. The molecule has 0 unspecified atom stereocenters. The summed E-state index contributed by atoms with van der Waals surface area (Å²) in [5.74, 6) is -2.84. The molecule has 0 saturated carbocycles. The highest BCUT2D eigenvalue weighted by atomic mass is 16.5. The van der Waals surface area contributed by atoms with Crippen LogP contribution < -0.4 is 0 Å². The lowest BCUT2D eigenvalue weighted by molar-refractivity contribution is -0.140. The molecule has 160 valence electrons. The van der Waals surface area contributed by atoms with Gasteiger partial charge in [-0.05, 0) is 24.6 Å². The molecule has 0 saturated heterocycles. The molecule has 0 fully saturated rings. The van der Waals surface area contributed by atoms with Gasteiger partial charge in [-0.3, -0.25) is 0 Å². The highest BCUT2D eigenvalue weighted by Crippen LogP contribution is 2.09. The minimum absolute atomic E-state index is 0.0152. The Labute approximate surface area is 179 Å². The minimum Gasteiger partial charge on any atom is -0.512 e. The Morgan fingerprint density at radius 1 is 0.968 bits per heavy atom. The highest BCUT2D eigenvalue weighted by Gasteiger charge is 2.16. The van der Waals surface area contributed by atoms with Gasteiger partial charge in [0, 0.05) is 6.21 Å². The molecular formula is C23H21NO7. The molecule has 1 N–H and O–H groups in total. The Kier molecular flexibility index (Phi) is 8.72. The number of hydrogen-bond donors (Lipinski definition) is 1. The maximum absolute atomic E-state index is 12.3. The second-order valence-electron chi connectivity index (χ2n) is 6.09. The number of ether oxygens (including phenoxy) is 3. The Bertz CT molecular complexity index is 1000. The van der Waals surface area contributed by atoms with E-state index < -0.39 is 23.6 Å². The van der Waals surface area contributed by atoms with Crippen LogP contribution in [0.2, 0.25) is 0 Å². The molecule has 0 heterocycles. The molecule has 31 heavy (non-hydrogen) atoms. The molecule has 0 aliphatic rings. The van der Waals surface area contributed by atoms with Crippen molar-refractivity contribution in [2.24, 2.45) is 4.99 Å². The van der Waals surface area contributed by atoms with Gasteiger partial charge in [-0.2, -0.15) is 0 Å². The van der Waals surface area contributed by atoms with Gasteiger partial charge in [-0.1, -0.05) is 48.5 Å². The maximum atomic E-state index is 12.3. The predicted octanol–water partition coefficient (Wildman–Crippen LogP) is 3.50. The molecule has 0 aliphatic carbocycles. The van der Waals surface area contributed by atoms with Gasteiger partial charge in [0.1, 0.15) is 24.2 Å². The summed E-state index contributed by atoms with van der Waals surface area (Å²) in [5, 5.41) is 9.82. The predicted molar refractivity (Wildman–Crippen MR) is 112 cm³/mol.